The summed E-state index contributed by atoms with van der Waals surface area (Å²) in [5.74, 6) is 1.98. The Balaban J connectivity index is 1.41. The van der Waals surface area contributed by atoms with Gasteiger partial charge in [0.2, 0.25) is 0 Å². The van der Waals surface area contributed by atoms with Crippen molar-refractivity contribution in [3.05, 3.63) is 11.6 Å². The van der Waals surface area contributed by atoms with E-state index in [1.54, 1.807) is 17.5 Å². The zero-order valence-electron chi connectivity index (χ0n) is 19.2. The predicted octanol–water partition coefficient (Wildman–Crippen LogP) is 5.40. The highest BCUT2D eigenvalue weighted by Crippen LogP contribution is 2.33. The van der Waals surface area contributed by atoms with Crippen molar-refractivity contribution in [1.82, 2.24) is 14.9 Å². The minimum Gasteiger partial charge on any atom is -0.312 e. The molecule has 1 heterocycles. The molecule has 5 atom stereocenters. The summed E-state index contributed by atoms with van der Waals surface area (Å²) >= 11 is 7.81. The van der Waals surface area contributed by atoms with E-state index in [1.807, 2.05) is 6.26 Å². The molecule has 3 rings (SSSR count). The van der Waals surface area contributed by atoms with Gasteiger partial charge in [-0.25, -0.2) is 4.39 Å². The molecule has 0 aromatic heterocycles. The van der Waals surface area contributed by atoms with Crippen LogP contribution < -0.4 is 10.0 Å². The van der Waals surface area contributed by atoms with Gasteiger partial charge in [-0.15, -0.1) is 11.6 Å². The second kappa shape index (κ2) is 12.4. The van der Waals surface area contributed by atoms with Crippen LogP contribution in [0.25, 0.3) is 0 Å². The number of nitrogens with one attached hydrogen (secondary N) is 2. The summed E-state index contributed by atoms with van der Waals surface area (Å²) in [6, 6.07) is 0.530. The maximum absolute atomic E-state index is 14.1. The zero-order valence-corrected chi connectivity index (χ0v) is 20.8. The Bertz CT molecular complexity index is 539. The lowest BCUT2D eigenvalue weighted by molar-refractivity contribution is 0.146. The summed E-state index contributed by atoms with van der Waals surface area (Å²) in [4.78, 5) is 2.67. The van der Waals surface area contributed by atoms with Crippen LogP contribution in [0.15, 0.2) is 11.6 Å². The summed E-state index contributed by atoms with van der Waals surface area (Å²) in [6.07, 6.45) is 12.4. The molecular weight excluding hydrogens is 417 g/mol. The van der Waals surface area contributed by atoms with Gasteiger partial charge in [0.1, 0.15) is 6.17 Å². The van der Waals surface area contributed by atoms with Crippen molar-refractivity contribution in [3.8, 4) is 0 Å². The molecule has 3 nitrogen and oxygen atoms in total. The molecule has 1 aliphatic heterocycles. The number of hydrogen-bond acceptors (Lipinski definition) is 4. The third-order valence-electron chi connectivity index (χ3n) is 7.57. The normalized spacial score (nSPS) is 32.9. The highest BCUT2D eigenvalue weighted by Gasteiger charge is 2.31. The van der Waals surface area contributed by atoms with Crippen LogP contribution in [0.3, 0.4) is 0 Å². The van der Waals surface area contributed by atoms with Gasteiger partial charge in [-0.1, -0.05) is 37.4 Å². The minimum atomic E-state index is -0.689. The molecule has 1 saturated carbocycles. The Hall–Kier alpha value is 0.190. The molecule has 3 aliphatic rings. The smallest absolute Gasteiger partial charge is 0.116 e. The molecule has 4 unspecified atom stereocenters. The van der Waals surface area contributed by atoms with Gasteiger partial charge in [-0.05, 0) is 95.0 Å². The second-order valence-corrected chi connectivity index (χ2v) is 11.4. The second-order valence-electron chi connectivity index (χ2n) is 10.1. The molecule has 0 aromatic carbocycles. The minimum absolute atomic E-state index is 0.0141. The molecule has 174 valence electrons. The number of piperidine rings is 1. The quantitative estimate of drug-likeness (QED) is 0.274. The van der Waals surface area contributed by atoms with E-state index in [0.717, 1.165) is 44.7 Å². The van der Waals surface area contributed by atoms with Gasteiger partial charge in [0.25, 0.3) is 0 Å². The number of halogens is 2. The lowest BCUT2D eigenvalue weighted by Gasteiger charge is -2.38. The molecule has 0 spiro atoms. The molecule has 1 saturated heterocycles. The Morgan fingerprint density at radius 2 is 1.97 bits per heavy atom. The van der Waals surface area contributed by atoms with Gasteiger partial charge in [0.05, 0.1) is 0 Å². The van der Waals surface area contributed by atoms with Crippen molar-refractivity contribution < 1.29 is 4.39 Å². The third-order valence-corrected chi connectivity index (χ3v) is 8.50. The van der Waals surface area contributed by atoms with Crippen LogP contribution in [0.2, 0.25) is 0 Å². The van der Waals surface area contributed by atoms with Crippen molar-refractivity contribution in [3.63, 3.8) is 0 Å². The summed E-state index contributed by atoms with van der Waals surface area (Å²) in [5, 5.41) is 4.23. The van der Waals surface area contributed by atoms with E-state index in [1.165, 1.54) is 32.4 Å². The van der Waals surface area contributed by atoms with Crippen LogP contribution in [0.4, 0.5) is 4.39 Å². The third kappa shape index (κ3) is 7.37. The van der Waals surface area contributed by atoms with Crippen LogP contribution in [0.5, 0.6) is 0 Å². The van der Waals surface area contributed by atoms with E-state index < -0.39 is 6.17 Å². The van der Waals surface area contributed by atoms with Crippen molar-refractivity contribution >= 4 is 23.5 Å². The van der Waals surface area contributed by atoms with Crippen molar-refractivity contribution in [2.75, 3.05) is 32.4 Å². The SMILES string of the molecule is CSNC1CC(CN[C@@H](CN2CCC(C3=CCC(Cl)CC3)CC2)C(C)C)CCC1F. The van der Waals surface area contributed by atoms with Gasteiger partial charge in [0.15, 0.2) is 0 Å². The lowest BCUT2D eigenvalue weighted by atomic mass is 9.83. The van der Waals surface area contributed by atoms with Crippen LogP contribution in [-0.2, 0) is 0 Å². The first kappa shape index (κ1) is 24.8. The first-order chi connectivity index (χ1) is 14.5. The van der Waals surface area contributed by atoms with Gasteiger partial charge in [-0.2, -0.15) is 0 Å². The average molecular weight is 460 g/mol. The van der Waals surface area contributed by atoms with Gasteiger partial charge >= 0.3 is 0 Å². The first-order valence-electron chi connectivity index (χ1n) is 12.2. The zero-order chi connectivity index (χ0) is 21.5. The van der Waals surface area contributed by atoms with E-state index in [-0.39, 0.29) is 6.04 Å². The maximum atomic E-state index is 14.1. The van der Waals surface area contributed by atoms with Crippen LogP contribution >= 0.6 is 23.5 Å². The van der Waals surface area contributed by atoms with E-state index in [0.29, 0.717) is 29.7 Å². The average Bonchev–Trinajstić information content (AvgIpc) is 2.74. The molecule has 0 bridgehead atoms. The fraction of sp³-hybridized carbons (Fsp3) is 0.917. The van der Waals surface area contributed by atoms with Crippen LogP contribution in [0.1, 0.15) is 65.2 Å². The number of nitrogens with zero attached hydrogens (tertiary/aromatic N) is 1. The van der Waals surface area contributed by atoms with Crippen LogP contribution in [-0.4, -0.2) is 61.0 Å². The van der Waals surface area contributed by atoms with Gasteiger partial charge < -0.3 is 10.2 Å². The Morgan fingerprint density at radius 1 is 1.20 bits per heavy atom. The van der Waals surface area contributed by atoms with Gasteiger partial charge in [-0.3, -0.25) is 4.72 Å². The summed E-state index contributed by atoms with van der Waals surface area (Å²) < 4.78 is 17.4. The Kier molecular flexibility index (Phi) is 10.3. The predicted molar refractivity (Wildman–Crippen MR) is 130 cm³/mol. The van der Waals surface area contributed by atoms with Crippen molar-refractivity contribution in [2.45, 2.75) is 88.8 Å². The van der Waals surface area contributed by atoms with E-state index >= 15 is 0 Å². The maximum Gasteiger partial charge on any atom is 0.116 e. The largest absolute Gasteiger partial charge is 0.312 e. The Labute approximate surface area is 193 Å². The molecule has 2 fully saturated rings. The highest BCUT2D eigenvalue weighted by atomic mass is 35.5. The molecule has 6 heteroatoms. The number of likely N-dealkylation sites (tertiary alicyclic amines) is 1. The topological polar surface area (TPSA) is 27.3 Å². The monoisotopic (exact) mass is 459 g/mol. The molecule has 0 radical (unpaired) electrons. The number of allylic oxidation sites excluding steroid dienone is 2. The molecule has 2 N–H and O–H groups in total. The molecule has 2 aliphatic carbocycles. The lowest BCUT2D eigenvalue weighted by Crippen LogP contribution is -2.49. The van der Waals surface area contributed by atoms with Crippen LogP contribution in [0, 0.1) is 17.8 Å². The molecular formula is C24H43ClFN3S. The Morgan fingerprint density at radius 3 is 2.60 bits per heavy atom. The number of hydrogen-bond donors (Lipinski definition) is 2. The van der Waals surface area contributed by atoms with E-state index in [9.17, 15) is 4.39 Å². The summed E-state index contributed by atoms with van der Waals surface area (Å²) in [6.45, 7) is 9.24. The van der Waals surface area contributed by atoms with Crippen molar-refractivity contribution in [1.29, 1.82) is 0 Å². The first-order valence-corrected chi connectivity index (χ1v) is 13.8. The summed E-state index contributed by atoms with van der Waals surface area (Å²) in [5.41, 5.74) is 1.68. The molecule has 0 amide bonds. The van der Waals surface area contributed by atoms with E-state index in [2.05, 4.69) is 34.9 Å². The highest BCUT2D eigenvalue weighted by molar-refractivity contribution is 7.96. The standard InChI is InChI=1S/C24H43ClFN3S/c1-17(2)24(27-15-18-4-9-22(26)23(14-18)28-30-3)16-29-12-10-20(11-13-29)19-5-7-21(25)8-6-19/h5,17-18,20-24,27-28H,4,6-16H2,1-3H3/t18?,21?,22?,23?,24-/m0/s1. The molecule has 0 aromatic rings. The summed E-state index contributed by atoms with van der Waals surface area (Å²) in [7, 11) is 0. The fourth-order valence-corrected chi connectivity index (χ4v) is 6.21. The molecule has 30 heavy (non-hydrogen) atoms. The fourth-order valence-electron chi connectivity index (χ4n) is 5.47. The van der Waals surface area contributed by atoms with Gasteiger partial charge in [0, 0.05) is 24.0 Å². The van der Waals surface area contributed by atoms with Crippen molar-refractivity contribution in [2.24, 2.45) is 17.8 Å². The van der Waals surface area contributed by atoms with E-state index in [4.69, 9.17) is 11.6 Å². The number of rotatable bonds is 9. The number of alkyl halides is 2.